The molecular formula is C16H19NO2. The van der Waals surface area contributed by atoms with Crippen LogP contribution in [0.15, 0.2) is 34.9 Å². The summed E-state index contributed by atoms with van der Waals surface area (Å²) in [4.78, 5) is 13.9. The van der Waals surface area contributed by atoms with Gasteiger partial charge in [0, 0.05) is 30.3 Å². The normalized spacial score (nSPS) is 21.9. The van der Waals surface area contributed by atoms with Gasteiger partial charge in [0.2, 0.25) is 5.91 Å². The molecule has 0 bridgehead atoms. The van der Waals surface area contributed by atoms with E-state index in [1.807, 2.05) is 44.0 Å². The zero-order valence-electron chi connectivity index (χ0n) is 11.6. The second-order valence-electron chi connectivity index (χ2n) is 5.69. The summed E-state index contributed by atoms with van der Waals surface area (Å²) in [6.45, 7) is 3.90. The first kappa shape index (κ1) is 12.3. The van der Waals surface area contributed by atoms with E-state index >= 15 is 0 Å². The van der Waals surface area contributed by atoms with E-state index in [4.69, 9.17) is 4.42 Å². The third-order valence-electron chi connectivity index (χ3n) is 4.02. The molecule has 1 amide bonds. The van der Waals surface area contributed by atoms with E-state index in [-0.39, 0.29) is 11.8 Å². The van der Waals surface area contributed by atoms with Crippen LogP contribution in [0.2, 0.25) is 0 Å². The van der Waals surface area contributed by atoms with Gasteiger partial charge in [-0.05, 0) is 24.1 Å². The van der Waals surface area contributed by atoms with Crippen LogP contribution in [0.25, 0.3) is 11.0 Å². The van der Waals surface area contributed by atoms with Gasteiger partial charge >= 0.3 is 0 Å². The molecule has 3 nitrogen and oxygen atoms in total. The summed E-state index contributed by atoms with van der Waals surface area (Å²) in [5.74, 6) is 0.747. The van der Waals surface area contributed by atoms with Gasteiger partial charge in [0.25, 0.3) is 0 Å². The maximum absolute atomic E-state index is 12.0. The van der Waals surface area contributed by atoms with Gasteiger partial charge in [-0.2, -0.15) is 0 Å². The number of furan rings is 1. The van der Waals surface area contributed by atoms with E-state index in [1.165, 1.54) is 10.9 Å². The Morgan fingerprint density at radius 3 is 2.89 bits per heavy atom. The Kier molecular flexibility index (Phi) is 2.85. The molecule has 100 valence electrons. The Labute approximate surface area is 113 Å². The van der Waals surface area contributed by atoms with Gasteiger partial charge in [-0.1, -0.05) is 26.0 Å². The van der Waals surface area contributed by atoms with Crippen LogP contribution in [0.3, 0.4) is 0 Å². The fourth-order valence-corrected chi connectivity index (χ4v) is 2.86. The molecule has 1 aromatic heterocycles. The Hall–Kier alpha value is -1.77. The van der Waals surface area contributed by atoms with E-state index in [9.17, 15) is 4.79 Å². The van der Waals surface area contributed by atoms with Gasteiger partial charge in [0.1, 0.15) is 5.58 Å². The molecule has 0 saturated heterocycles. The molecule has 1 fully saturated rings. The van der Waals surface area contributed by atoms with Crippen molar-refractivity contribution in [2.45, 2.75) is 32.2 Å². The molecule has 3 rings (SSSR count). The Morgan fingerprint density at radius 1 is 1.37 bits per heavy atom. The molecule has 1 aliphatic carbocycles. The number of rotatable bonds is 3. The SMILES string of the molecule is CC(C)C(=O)N(C)C1CC1c1cccc2occc12. The van der Waals surface area contributed by atoms with Gasteiger partial charge < -0.3 is 9.32 Å². The molecule has 2 aromatic rings. The lowest BCUT2D eigenvalue weighted by molar-refractivity contribution is -0.133. The van der Waals surface area contributed by atoms with Crippen LogP contribution in [0.1, 0.15) is 31.7 Å². The molecule has 1 saturated carbocycles. The molecule has 0 radical (unpaired) electrons. The lowest BCUT2D eigenvalue weighted by atomic mass is 10.1. The number of carbonyl (C=O) groups is 1. The van der Waals surface area contributed by atoms with Crippen molar-refractivity contribution in [2.75, 3.05) is 7.05 Å². The number of benzene rings is 1. The van der Waals surface area contributed by atoms with Crippen LogP contribution in [0.4, 0.5) is 0 Å². The first-order chi connectivity index (χ1) is 9.09. The first-order valence-corrected chi connectivity index (χ1v) is 6.82. The van der Waals surface area contributed by atoms with Gasteiger partial charge in [0.05, 0.1) is 6.26 Å². The largest absolute Gasteiger partial charge is 0.464 e. The fourth-order valence-electron chi connectivity index (χ4n) is 2.86. The molecule has 2 unspecified atom stereocenters. The van der Waals surface area contributed by atoms with Crippen molar-refractivity contribution < 1.29 is 9.21 Å². The molecule has 1 aromatic carbocycles. The number of likely N-dealkylation sites (N-methyl/N-ethyl adjacent to an activating group) is 1. The summed E-state index contributed by atoms with van der Waals surface area (Å²) in [5, 5.41) is 1.18. The van der Waals surface area contributed by atoms with Crippen LogP contribution >= 0.6 is 0 Å². The molecule has 0 aliphatic heterocycles. The van der Waals surface area contributed by atoms with Crippen LogP contribution in [-0.4, -0.2) is 23.9 Å². The minimum atomic E-state index is 0.0657. The summed E-state index contributed by atoms with van der Waals surface area (Å²) < 4.78 is 5.44. The number of amides is 1. The van der Waals surface area contributed by atoms with E-state index in [1.54, 1.807) is 6.26 Å². The maximum Gasteiger partial charge on any atom is 0.225 e. The van der Waals surface area contributed by atoms with Gasteiger partial charge in [-0.3, -0.25) is 4.79 Å². The molecule has 3 heteroatoms. The first-order valence-electron chi connectivity index (χ1n) is 6.82. The van der Waals surface area contributed by atoms with Crippen LogP contribution in [0, 0.1) is 5.92 Å². The van der Waals surface area contributed by atoms with Crippen molar-refractivity contribution >= 4 is 16.9 Å². The zero-order chi connectivity index (χ0) is 13.6. The van der Waals surface area contributed by atoms with Crippen molar-refractivity contribution in [3.8, 4) is 0 Å². The Balaban J connectivity index is 1.83. The molecule has 0 N–H and O–H groups in total. The zero-order valence-corrected chi connectivity index (χ0v) is 11.6. The highest BCUT2D eigenvalue weighted by molar-refractivity contribution is 5.83. The summed E-state index contributed by atoms with van der Waals surface area (Å²) >= 11 is 0. The van der Waals surface area contributed by atoms with Crippen molar-refractivity contribution in [1.82, 2.24) is 4.90 Å². The topological polar surface area (TPSA) is 33.5 Å². The van der Waals surface area contributed by atoms with Crippen LogP contribution in [-0.2, 0) is 4.79 Å². The summed E-state index contributed by atoms with van der Waals surface area (Å²) in [5.41, 5.74) is 2.24. The van der Waals surface area contributed by atoms with Crippen molar-refractivity contribution in [1.29, 1.82) is 0 Å². The van der Waals surface area contributed by atoms with Gasteiger partial charge in [-0.15, -0.1) is 0 Å². The number of carbonyl (C=O) groups excluding carboxylic acids is 1. The third kappa shape index (κ3) is 2.03. The fraction of sp³-hybridized carbons (Fsp3) is 0.438. The maximum atomic E-state index is 12.0. The van der Waals surface area contributed by atoms with E-state index in [2.05, 4.69) is 6.07 Å². The Morgan fingerprint density at radius 2 is 2.16 bits per heavy atom. The average molecular weight is 257 g/mol. The van der Waals surface area contributed by atoms with Crippen molar-refractivity contribution in [3.05, 3.63) is 36.1 Å². The highest BCUT2D eigenvalue weighted by Gasteiger charge is 2.44. The smallest absolute Gasteiger partial charge is 0.225 e. The van der Waals surface area contributed by atoms with Crippen LogP contribution < -0.4 is 0 Å². The van der Waals surface area contributed by atoms with Gasteiger partial charge in [-0.25, -0.2) is 0 Å². The van der Waals surface area contributed by atoms with Crippen molar-refractivity contribution in [3.63, 3.8) is 0 Å². The molecule has 0 spiro atoms. The summed E-state index contributed by atoms with van der Waals surface area (Å²) in [7, 11) is 1.92. The van der Waals surface area contributed by atoms with Crippen LogP contribution in [0.5, 0.6) is 0 Å². The lowest BCUT2D eigenvalue weighted by Gasteiger charge is -2.19. The second-order valence-corrected chi connectivity index (χ2v) is 5.69. The summed E-state index contributed by atoms with van der Waals surface area (Å²) in [6, 6.07) is 8.52. The molecular weight excluding hydrogens is 238 g/mol. The lowest BCUT2D eigenvalue weighted by Crippen LogP contribution is -2.33. The predicted molar refractivity (Wildman–Crippen MR) is 75.0 cm³/mol. The predicted octanol–water partition coefficient (Wildman–Crippen LogP) is 3.40. The number of nitrogens with zero attached hydrogens (tertiary/aromatic N) is 1. The van der Waals surface area contributed by atoms with Crippen molar-refractivity contribution in [2.24, 2.45) is 5.92 Å². The monoisotopic (exact) mass is 257 g/mol. The molecule has 2 atom stereocenters. The average Bonchev–Trinajstić information content (AvgIpc) is 3.04. The minimum Gasteiger partial charge on any atom is -0.464 e. The minimum absolute atomic E-state index is 0.0657. The molecule has 19 heavy (non-hydrogen) atoms. The number of fused-ring (bicyclic) bond motifs is 1. The summed E-state index contributed by atoms with van der Waals surface area (Å²) in [6.07, 6.45) is 2.79. The van der Waals surface area contributed by atoms with E-state index < -0.39 is 0 Å². The Bertz CT molecular complexity index is 614. The van der Waals surface area contributed by atoms with E-state index in [0.29, 0.717) is 12.0 Å². The van der Waals surface area contributed by atoms with Gasteiger partial charge in [0.15, 0.2) is 0 Å². The quantitative estimate of drug-likeness (QED) is 0.844. The number of hydrogen-bond acceptors (Lipinski definition) is 2. The highest BCUT2D eigenvalue weighted by atomic mass is 16.3. The second kappa shape index (κ2) is 4.41. The molecule has 1 heterocycles. The number of hydrogen-bond donors (Lipinski definition) is 0. The van der Waals surface area contributed by atoms with E-state index in [0.717, 1.165) is 12.0 Å². The standard InChI is InChI=1S/C16H19NO2/c1-10(2)16(18)17(3)14-9-13(14)11-5-4-6-15-12(11)7-8-19-15/h4-8,10,13-14H,9H2,1-3H3. The highest BCUT2D eigenvalue weighted by Crippen LogP contribution is 2.46. The molecule has 1 aliphatic rings. The third-order valence-corrected chi connectivity index (χ3v) is 4.02.